The average molecular weight is 517 g/mol. The lowest BCUT2D eigenvalue weighted by Crippen LogP contribution is -2.15. The fourth-order valence-corrected chi connectivity index (χ4v) is 5.30. The number of methoxy groups -OCH3 is 1. The zero-order valence-corrected chi connectivity index (χ0v) is 25.5. The molecule has 3 aromatic rings. The van der Waals surface area contributed by atoms with E-state index in [0.717, 1.165) is 50.2 Å². The molecule has 0 spiro atoms. The van der Waals surface area contributed by atoms with Crippen molar-refractivity contribution in [1.29, 1.82) is 0 Å². The summed E-state index contributed by atoms with van der Waals surface area (Å²) < 4.78 is 5.28. The van der Waals surface area contributed by atoms with E-state index in [4.69, 9.17) is 9.72 Å². The molecule has 0 aliphatic heterocycles. The van der Waals surface area contributed by atoms with Gasteiger partial charge >= 0.3 is 0 Å². The molecule has 1 aliphatic carbocycles. The van der Waals surface area contributed by atoms with Crippen molar-refractivity contribution in [3.05, 3.63) is 87.6 Å². The SMILES string of the molecule is CC.CCc1cccc(CC)c1-c1cc(CCCOC)c(CN(C)C)c(C)n1.c1ccc2c(c1)CCCC2. The Morgan fingerprint density at radius 2 is 1.42 bits per heavy atom. The second-order valence-corrected chi connectivity index (χ2v) is 10.2. The number of pyridine rings is 1. The van der Waals surface area contributed by atoms with Crippen LogP contribution < -0.4 is 0 Å². The van der Waals surface area contributed by atoms with E-state index in [1.807, 2.05) is 13.8 Å². The van der Waals surface area contributed by atoms with Crippen molar-refractivity contribution in [2.75, 3.05) is 27.8 Å². The first kappa shape index (κ1) is 31.7. The van der Waals surface area contributed by atoms with Gasteiger partial charge in [-0.1, -0.05) is 70.2 Å². The summed E-state index contributed by atoms with van der Waals surface area (Å²) in [7, 11) is 6.01. The van der Waals surface area contributed by atoms with E-state index < -0.39 is 0 Å². The van der Waals surface area contributed by atoms with Crippen molar-refractivity contribution in [1.82, 2.24) is 9.88 Å². The molecule has 0 bridgehead atoms. The van der Waals surface area contributed by atoms with E-state index in [1.54, 1.807) is 18.2 Å². The van der Waals surface area contributed by atoms with E-state index in [0.29, 0.717) is 0 Å². The molecule has 1 aromatic heterocycles. The van der Waals surface area contributed by atoms with Gasteiger partial charge < -0.3 is 9.64 Å². The molecule has 0 unspecified atom stereocenters. The minimum absolute atomic E-state index is 0.796. The summed E-state index contributed by atoms with van der Waals surface area (Å²) in [6, 6.07) is 17.8. The maximum absolute atomic E-state index is 5.28. The van der Waals surface area contributed by atoms with Gasteiger partial charge in [0.2, 0.25) is 0 Å². The zero-order valence-electron chi connectivity index (χ0n) is 25.5. The van der Waals surface area contributed by atoms with Crippen LogP contribution >= 0.6 is 0 Å². The molecule has 0 saturated heterocycles. The molecular formula is C35H52N2O. The highest BCUT2D eigenvalue weighted by molar-refractivity contribution is 5.69. The van der Waals surface area contributed by atoms with Gasteiger partial charge in [0, 0.05) is 31.5 Å². The molecule has 0 atom stereocenters. The van der Waals surface area contributed by atoms with Gasteiger partial charge in [-0.05, 0) is 112 Å². The lowest BCUT2D eigenvalue weighted by Gasteiger charge is -2.20. The minimum Gasteiger partial charge on any atom is -0.385 e. The molecule has 1 aliphatic rings. The molecule has 0 fully saturated rings. The van der Waals surface area contributed by atoms with Crippen LogP contribution in [-0.2, 0) is 43.4 Å². The summed E-state index contributed by atoms with van der Waals surface area (Å²) in [5, 5.41) is 0. The summed E-state index contributed by atoms with van der Waals surface area (Å²) in [4.78, 5) is 7.27. The van der Waals surface area contributed by atoms with Gasteiger partial charge in [0.05, 0.1) is 5.69 Å². The Morgan fingerprint density at radius 1 is 0.842 bits per heavy atom. The highest BCUT2D eigenvalue weighted by atomic mass is 16.5. The van der Waals surface area contributed by atoms with Gasteiger partial charge in [-0.15, -0.1) is 0 Å². The number of aryl methyl sites for hydroxylation is 6. The number of rotatable bonds is 9. The predicted octanol–water partition coefficient (Wildman–Crippen LogP) is 8.41. The van der Waals surface area contributed by atoms with Gasteiger partial charge in [-0.3, -0.25) is 4.98 Å². The maximum atomic E-state index is 5.28. The molecule has 3 heteroatoms. The fourth-order valence-electron chi connectivity index (χ4n) is 5.30. The smallest absolute Gasteiger partial charge is 0.0713 e. The van der Waals surface area contributed by atoms with E-state index in [2.05, 4.69) is 88.3 Å². The molecule has 3 nitrogen and oxygen atoms in total. The van der Waals surface area contributed by atoms with Crippen molar-refractivity contribution >= 4 is 0 Å². The van der Waals surface area contributed by atoms with Crippen LogP contribution in [0.15, 0.2) is 48.5 Å². The molecule has 4 rings (SSSR count). The van der Waals surface area contributed by atoms with E-state index >= 15 is 0 Å². The largest absolute Gasteiger partial charge is 0.385 e. The van der Waals surface area contributed by atoms with E-state index in [-0.39, 0.29) is 0 Å². The average Bonchev–Trinajstić information content (AvgIpc) is 2.95. The van der Waals surface area contributed by atoms with Crippen LogP contribution in [0.1, 0.15) is 86.0 Å². The second-order valence-electron chi connectivity index (χ2n) is 10.2. The van der Waals surface area contributed by atoms with Crippen molar-refractivity contribution in [2.24, 2.45) is 0 Å². The molecular weight excluding hydrogens is 464 g/mol. The van der Waals surface area contributed by atoms with Crippen LogP contribution in [0, 0.1) is 6.92 Å². The first-order valence-electron chi connectivity index (χ1n) is 14.8. The molecule has 2 aromatic carbocycles. The third-order valence-electron chi connectivity index (χ3n) is 7.21. The zero-order chi connectivity index (χ0) is 27.9. The lowest BCUT2D eigenvalue weighted by atomic mass is 9.92. The van der Waals surface area contributed by atoms with Crippen LogP contribution in [0.2, 0.25) is 0 Å². The standard InChI is InChI=1S/C23H34N2O.C10H12.C2H6/c1-7-18-11-9-12-19(8-2)23(18)22-15-20(13-10-14-26-6)21(16-25(4)5)17(3)24-22;1-2-6-10-8-4-3-7-9(10)5-1;1-2/h9,11-12,15H,7-8,10,13-14,16H2,1-6H3;1-2,5-6H,3-4,7-8H2;1-2H3. The van der Waals surface area contributed by atoms with Crippen LogP contribution in [-0.4, -0.2) is 37.7 Å². The lowest BCUT2D eigenvalue weighted by molar-refractivity contribution is 0.195. The first-order chi connectivity index (χ1) is 18.5. The molecule has 208 valence electrons. The Balaban J connectivity index is 0.000000347. The number of ether oxygens (including phenoxy) is 1. The van der Waals surface area contributed by atoms with Gasteiger partial charge in [0.1, 0.15) is 0 Å². The van der Waals surface area contributed by atoms with Crippen LogP contribution in [0.3, 0.4) is 0 Å². The van der Waals surface area contributed by atoms with Gasteiger partial charge in [0.25, 0.3) is 0 Å². The van der Waals surface area contributed by atoms with Crippen molar-refractivity contribution in [2.45, 2.75) is 92.5 Å². The highest BCUT2D eigenvalue weighted by Gasteiger charge is 2.16. The van der Waals surface area contributed by atoms with Crippen molar-refractivity contribution in [3.8, 4) is 11.3 Å². The molecule has 0 saturated carbocycles. The van der Waals surface area contributed by atoms with Gasteiger partial charge in [-0.2, -0.15) is 0 Å². The number of nitrogens with zero attached hydrogens (tertiary/aromatic N) is 2. The van der Waals surface area contributed by atoms with Gasteiger partial charge in [0.15, 0.2) is 0 Å². The fraction of sp³-hybridized carbons (Fsp3) is 0.514. The van der Waals surface area contributed by atoms with Crippen LogP contribution in [0.4, 0.5) is 0 Å². The van der Waals surface area contributed by atoms with Crippen LogP contribution in [0.25, 0.3) is 11.3 Å². The Morgan fingerprint density at radius 3 is 1.92 bits per heavy atom. The first-order valence-corrected chi connectivity index (χ1v) is 14.8. The second kappa shape index (κ2) is 17.2. The topological polar surface area (TPSA) is 25.4 Å². The number of hydrogen-bond donors (Lipinski definition) is 0. The third-order valence-corrected chi connectivity index (χ3v) is 7.21. The number of benzene rings is 2. The Kier molecular flexibility index (Phi) is 14.3. The van der Waals surface area contributed by atoms with Crippen molar-refractivity contribution < 1.29 is 4.74 Å². The number of hydrogen-bond acceptors (Lipinski definition) is 3. The quantitative estimate of drug-likeness (QED) is 0.267. The summed E-state index contributed by atoms with van der Waals surface area (Å²) in [5.41, 5.74) is 12.3. The third kappa shape index (κ3) is 9.06. The van der Waals surface area contributed by atoms with Crippen LogP contribution in [0.5, 0.6) is 0 Å². The molecule has 1 heterocycles. The highest BCUT2D eigenvalue weighted by Crippen LogP contribution is 2.31. The normalized spacial score (nSPS) is 12.2. The molecule has 0 amide bonds. The summed E-state index contributed by atoms with van der Waals surface area (Å²) in [6.07, 6.45) is 9.50. The van der Waals surface area contributed by atoms with E-state index in [9.17, 15) is 0 Å². The minimum atomic E-state index is 0.796. The van der Waals surface area contributed by atoms with Crippen molar-refractivity contribution in [3.63, 3.8) is 0 Å². The maximum Gasteiger partial charge on any atom is 0.0713 e. The molecule has 0 N–H and O–H groups in total. The monoisotopic (exact) mass is 516 g/mol. The summed E-state index contributed by atoms with van der Waals surface area (Å²) >= 11 is 0. The predicted molar refractivity (Wildman–Crippen MR) is 165 cm³/mol. The Bertz CT molecular complexity index is 1060. The Hall–Kier alpha value is -2.49. The van der Waals surface area contributed by atoms with E-state index in [1.165, 1.54) is 53.5 Å². The summed E-state index contributed by atoms with van der Waals surface area (Å²) in [6.45, 7) is 12.3. The number of fused-ring (bicyclic) bond motifs is 1. The van der Waals surface area contributed by atoms with Gasteiger partial charge in [-0.25, -0.2) is 0 Å². The molecule has 0 radical (unpaired) electrons. The number of aromatic nitrogens is 1. The Labute approximate surface area is 233 Å². The molecule has 38 heavy (non-hydrogen) atoms. The summed E-state index contributed by atoms with van der Waals surface area (Å²) in [5.74, 6) is 0.